The van der Waals surface area contributed by atoms with Crippen LogP contribution >= 0.6 is 0 Å². The minimum absolute atomic E-state index is 0.0859. The lowest BCUT2D eigenvalue weighted by Crippen LogP contribution is -2.46. The molecule has 4 heteroatoms. The van der Waals surface area contributed by atoms with Gasteiger partial charge >= 0.3 is 0 Å². The van der Waals surface area contributed by atoms with E-state index >= 15 is 0 Å². The third kappa shape index (κ3) is 3.88. The van der Waals surface area contributed by atoms with E-state index in [2.05, 4.69) is 6.92 Å². The summed E-state index contributed by atoms with van der Waals surface area (Å²) in [6.07, 6.45) is 2.74. The third-order valence-corrected chi connectivity index (χ3v) is 4.30. The van der Waals surface area contributed by atoms with Crippen LogP contribution in [0.2, 0.25) is 0 Å². The molecular formula is C15H24O4. The van der Waals surface area contributed by atoms with Gasteiger partial charge in [0.05, 0.1) is 5.92 Å². The zero-order valence-corrected chi connectivity index (χ0v) is 12.3. The Morgan fingerprint density at radius 2 is 2.05 bits per heavy atom. The molecule has 1 aliphatic rings. The van der Waals surface area contributed by atoms with E-state index in [1.807, 2.05) is 0 Å². The first-order valence-electron chi connectivity index (χ1n) is 6.94. The number of rotatable bonds is 6. The van der Waals surface area contributed by atoms with E-state index in [0.29, 0.717) is 25.2 Å². The number of Topliss-reactive ketones (excluding diaryl/α,β-unsaturated/α-hetero) is 2. The van der Waals surface area contributed by atoms with E-state index in [1.165, 1.54) is 0 Å². The largest absolute Gasteiger partial charge is 0.461 e. The average Bonchev–Trinajstić information content (AvgIpc) is 2.27. The summed E-state index contributed by atoms with van der Waals surface area (Å²) < 4.78 is 5.08. The van der Waals surface area contributed by atoms with Crippen LogP contribution in [0.1, 0.15) is 53.4 Å². The zero-order chi connectivity index (χ0) is 14.6. The highest BCUT2D eigenvalue weighted by Crippen LogP contribution is 2.39. The molecule has 1 saturated carbocycles. The van der Waals surface area contributed by atoms with Gasteiger partial charge in [0.2, 0.25) is 0 Å². The quantitative estimate of drug-likeness (QED) is 0.694. The van der Waals surface area contributed by atoms with Gasteiger partial charge in [0, 0.05) is 12.3 Å². The number of ether oxygens (including phenoxy) is 1. The van der Waals surface area contributed by atoms with Gasteiger partial charge in [-0.1, -0.05) is 6.92 Å². The molecule has 0 saturated heterocycles. The van der Waals surface area contributed by atoms with E-state index in [1.54, 1.807) is 20.8 Å². The summed E-state index contributed by atoms with van der Waals surface area (Å²) in [5.41, 5.74) is -0.757. The second kappa shape index (κ2) is 6.31. The van der Waals surface area contributed by atoms with Crippen molar-refractivity contribution >= 4 is 18.0 Å². The van der Waals surface area contributed by atoms with Crippen molar-refractivity contribution in [2.45, 2.75) is 59.0 Å². The Balaban J connectivity index is 2.80. The molecule has 19 heavy (non-hydrogen) atoms. The SMILES string of the molecule is CC(=O)CCC1C(=O)C(C(C)(C)OC=O)CCC1C. The highest BCUT2D eigenvalue weighted by atomic mass is 16.5. The van der Waals surface area contributed by atoms with Crippen molar-refractivity contribution in [3.63, 3.8) is 0 Å². The fraction of sp³-hybridized carbons (Fsp3) is 0.800. The first-order valence-corrected chi connectivity index (χ1v) is 6.94. The number of hydrogen-bond donors (Lipinski definition) is 0. The van der Waals surface area contributed by atoms with E-state index in [9.17, 15) is 14.4 Å². The van der Waals surface area contributed by atoms with Gasteiger partial charge in [-0.15, -0.1) is 0 Å². The summed E-state index contributed by atoms with van der Waals surface area (Å²) in [5.74, 6) is 0.218. The van der Waals surface area contributed by atoms with E-state index in [4.69, 9.17) is 4.74 Å². The van der Waals surface area contributed by atoms with Gasteiger partial charge in [-0.05, 0) is 46.0 Å². The summed E-state index contributed by atoms with van der Waals surface area (Å²) >= 11 is 0. The summed E-state index contributed by atoms with van der Waals surface area (Å²) in [4.78, 5) is 34.2. The standard InChI is InChI=1S/C15H24O4/c1-10-5-8-13(15(3,4)19-9-16)14(18)12(10)7-6-11(2)17/h9-10,12-13H,5-8H2,1-4H3. The van der Waals surface area contributed by atoms with Crippen molar-refractivity contribution in [2.24, 2.45) is 17.8 Å². The van der Waals surface area contributed by atoms with Crippen LogP contribution in [0.4, 0.5) is 0 Å². The molecule has 0 aromatic carbocycles. The predicted molar refractivity (Wildman–Crippen MR) is 71.5 cm³/mol. The molecule has 1 rings (SSSR count). The van der Waals surface area contributed by atoms with Crippen molar-refractivity contribution in [1.82, 2.24) is 0 Å². The van der Waals surface area contributed by atoms with Crippen LogP contribution in [0.3, 0.4) is 0 Å². The predicted octanol–water partition coefficient (Wildman–Crippen LogP) is 2.54. The molecule has 0 amide bonds. The lowest BCUT2D eigenvalue weighted by atomic mass is 9.67. The molecule has 0 radical (unpaired) electrons. The van der Waals surface area contributed by atoms with Crippen molar-refractivity contribution in [2.75, 3.05) is 0 Å². The molecule has 1 aliphatic carbocycles. The lowest BCUT2D eigenvalue weighted by Gasteiger charge is -2.39. The highest BCUT2D eigenvalue weighted by molar-refractivity contribution is 5.86. The van der Waals surface area contributed by atoms with Gasteiger partial charge in [-0.25, -0.2) is 0 Å². The number of ketones is 2. The molecule has 3 unspecified atom stereocenters. The second-order valence-corrected chi connectivity index (χ2v) is 6.17. The van der Waals surface area contributed by atoms with E-state index in [0.717, 1.165) is 12.8 Å². The average molecular weight is 268 g/mol. The topological polar surface area (TPSA) is 60.4 Å². The molecule has 0 N–H and O–H groups in total. The van der Waals surface area contributed by atoms with Crippen molar-refractivity contribution in [1.29, 1.82) is 0 Å². The molecule has 0 heterocycles. The molecule has 0 aromatic heterocycles. The molecule has 0 bridgehead atoms. The monoisotopic (exact) mass is 268 g/mol. The fourth-order valence-electron chi connectivity index (χ4n) is 2.99. The molecule has 108 valence electrons. The Kier molecular flexibility index (Phi) is 5.27. The molecule has 1 fully saturated rings. The molecule has 0 aromatic rings. The maximum Gasteiger partial charge on any atom is 0.293 e. The van der Waals surface area contributed by atoms with Gasteiger partial charge < -0.3 is 9.53 Å². The molecule has 3 atom stereocenters. The lowest BCUT2D eigenvalue weighted by molar-refractivity contribution is -0.155. The molecule has 0 spiro atoms. The normalized spacial score (nSPS) is 28.0. The Bertz CT molecular complexity index is 359. The van der Waals surface area contributed by atoms with Crippen LogP contribution in [-0.2, 0) is 19.1 Å². The van der Waals surface area contributed by atoms with Gasteiger partial charge in [-0.2, -0.15) is 0 Å². The van der Waals surface area contributed by atoms with Crippen LogP contribution in [0.15, 0.2) is 0 Å². The van der Waals surface area contributed by atoms with E-state index < -0.39 is 5.60 Å². The number of hydrogen-bond acceptors (Lipinski definition) is 4. The van der Waals surface area contributed by atoms with Crippen LogP contribution in [0.5, 0.6) is 0 Å². The minimum Gasteiger partial charge on any atom is -0.461 e. The van der Waals surface area contributed by atoms with Crippen LogP contribution in [0.25, 0.3) is 0 Å². The molecule has 0 aliphatic heterocycles. The van der Waals surface area contributed by atoms with Crippen molar-refractivity contribution in [3.05, 3.63) is 0 Å². The highest BCUT2D eigenvalue weighted by Gasteiger charge is 2.44. The maximum atomic E-state index is 12.6. The zero-order valence-electron chi connectivity index (χ0n) is 12.3. The van der Waals surface area contributed by atoms with E-state index in [-0.39, 0.29) is 23.4 Å². The Morgan fingerprint density at radius 1 is 1.42 bits per heavy atom. The smallest absolute Gasteiger partial charge is 0.293 e. The molecular weight excluding hydrogens is 244 g/mol. The fourth-order valence-corrected chi connectivity index (χ4v) is 2.99. The second-order valence-electron chi connectivity index (χ2n) is 6.17. The van der Waals surface area contributed by atoms with Gasteiger partial charge in [0.25, 0.3) is 6.47 Å². The number of carbonyl (C=O) groups is 3. The van der Waals surface area contributed by atoms with Crippen LogP contribution in [0, 0.1) is 17.8 Å². The van der Waals surface area contributed by atoms with Gasteiger partial charge in [0.1, 0.15) is 17.2 Å². The summed E-state index contributed by atoms with van der Waals surface area (Å²) in [6.45, 7) is 7.58. The maximum absolute atomic E-state index is 12.6. The van der Waals surface area contributed by atoms with Crippen molar-refractivity contribution < 1.29 is 19.1 Å². The Labute approximate surface area is 114 Å². The van der Waals surface area contributed by atoms with Gasteiger partial charge in [0.15, 0.2) is 0 Å². The molecule has 4 nitrogen and oxygen atoms in total. The minimum atomic E-state index is -0.757. The number of carbonyl (C=O) groups excluding carboxylic acids is 3. The Hall–Kier alpha value is -1.19. The first kappa shape index (κ1) is 15.9. The summed E-state index contributed by atoms with van der Waals surface area (Å²) in [6, 6.07) is 0. The third-order valence-electron chi connectivity index (χ3n) is 4.30. The Morgan fingerprint density at radius 3 is 2.58 bits per heavy atom. The summed E-state index contributed by atoms with van der Waals surface area (Å²) in [7, 11) is 0. The first-order chi connectivity index (χ1) is 8.79. The van der Waals surface area contributed by atoms with Crippen molar-refractivity contribution in [3.8, 4) is 0 Å². The summed E-state index contributed by atoms with van der Waals surface area (Å²) in [5, 5.41) is 0. The van der Waals surface area contributed by atoms with Crippen LogP contribution < -0.4 is 0 Å². The van der Waals surface area contributed by atoms with Gasteiger partial charge in [-0.3, -0.25) is 9.59 Å². The van der Waals surface area contributed by atoms with Crippen LogP contribution in [-0.4, -0.2) is 23.6 Å².